The van der Waals surface area contributed by atoms with Crippen molar-refractivity contribution in [3.63, 3.8) is 0 Å². The highest BCUT2D eigenvalue weighted by atomic mass is 19.1. The van der Waals surface area contributed by atoms with E-state index in [0.29, 0.717) is 12.5 Å². The summed E-state index contributed by atoms with van der Waals surface area (Å²) in [6.45, 7) is 5.48. The van der Waals surface area contributed by atoms with E-state index in [9.17, 15) is 4.39 Å². The van der Waals surface area contributed by atoms with Crippen molar-refractivity contribution in [1.29, 1.82) is 0 Å². The van der Waals surface area contributed by atoms with Gasteiger partial charge in [-0.2, -0.15) is 0 Å². The number of nitrogens with two attached hydrogens (primary N) is 1. The Balaban J connectivity index is 2.75. The van der Waals surface area contributed by atoms with Crippen LogP contribution in [-0.2, 0) is 6.54 Å². The molecule has 3 N–H and O–H groups in total. The van der Waals surface area contributed by atoms with E-state index in [4.69, 9.17) is 5.73 Å². The molecular weight excluding hydrogens is 179 g/mol. The second kappa shape index (κ2) is 4.96. The fourth-order valence-corrected chi connectivity index (χ4v) is 1.22. The second-order valence-corrected chi connectivity index (χ2v) is 3.78. The van der Waals surface area contributed by atoms with Gasteiger partial charge in [-0.25, -0.2) is 4.39 Å². The van der Waals surface area contributed by atoms with E-state index in [0.717, 1.165) is 17.8 Å². The molecule has 0 unspecified atom stereocenters. The third-order valence-electron chi connectivity index (χ3n) is 1.99. The third-order valence-corrected chi connectivity index (χ3v) is 1.99. The van der Waals surface area contributed by atoms with Crippen molar-refractivity contribution < 1.29 is 4.39 Å². The van der Waals surface area contributed by atoms with Crippen LogP contribution in [0, 0.1) is 11.7 Å². The Labute approximate surface area is 84.3 Å². The molecule has 0 aliphatic carbocycles. The molecule has 0 heterocycles. The molecule has 14 heavy (non-hydrogen) atoms. The van der Waals surface area contributed by atoms with Crippen LogP contribution in [-0.4, -0.2) is 6.54 Å². The van der Waals surface area contributed by atoms with Crippen molar-refractivity contribution in [2.45, 2.75) is 20.4 Å². The largest absolute Gasteiger partial charge is 0.385 e. The molecule has 0 aliphatic rings. The number of nitrogens with one attached hydrogen (secondary N) is 1. The van der Waals surface area contributed by atoms with Crippen molar-refractivity contribution in [2.24, 2.45) is 11.7 Å². The Morgan fingerprint density at radius 2 is 2.14 bits per heavy atom. The lowest BCUT2D eigenvalue weighted by molar-refractivity contribution is 0.625. The van der Waals surface area contributed by atoms with E-state index in [2.05, 4.69) is 19.2 Å². The van der Waals surface area contributed by atoms with E-state index in [1.54, 1.807) is 6.07 Å². The van der Waals surface area contributed by atoms with E-state index >= 15 is 0 Å². The molecule has 0 saturated carbocycles. The summed E-state index contributed by atoms with van der Waals surface area (Å²) in [6.07, 6.45) is 0. The molecule has 0 fully saturated rings. The standard InChI is InChI=1S/C11H17FN2/c1-8(2)7-14-11-4-3-10(12)5-9(11)6-13/h3-5,8,14H,6-7,13H2,1-2H3. The summed E-state index contributed by atoms with van der Waals surface area (Å²) in [5.74, 6) is 0.325. The van der Waals surface area contributed by atoms with Crippen LogP contribution in [0.4, 0.5) is 10.1 Å². The van der Waals surface area contributed by atoms with Gasteiger partial charge in [-0.1, -0.05) is 13.8 Å². The van der Waals surface area contributed by atoms with E-state index in [-0.39, 0.29) is 5.82 Å². The summed E-state index contributed by atoms with van der Waals surface area (Å²) in [4.78, 5) is 0. The minimum Gasteiger partial charge on any atom is -0.385 e. The Bertz CT molecular complexity index is 297. The zero-order valence-electron chi connectivity index (χ0n) is 8.68. The smallest absolute Gasteiger partial charge is 0.123 e. The lowest BCUT2D eigenvalue weighted by Crippen LogP contribution is -2.11. The maximum absolute atomic E-state index is 12.8. The van der Waals surface area contributed by atoms with Crippen molar-refractivity contribution >= 4 is 5.69 Å². The van der Waals surface area contributed by atoms with Crippen molar-refractivity contribution in [3.05, 3.63) is 29.6 Å². The van der Waals surface area contributed by atoms with Gasteiger partial charge in [-0.05, 0) is 29.7 Å². The SMILES string of the molecule is CC(C)CNc1ccc(F)cc1CN. The highest BCUT2D eigenvalue weighted by molar-refractivity contribution is 5.51. The number of anilines is 1. The molecule has 0 atom stereocenters. The molecule has 0 spiro atoms. The molecule has 78 valence electrons. The molecule has 0 amide bonds. The van der Waals surface area contributed by atoms with Gasteiger partial charge in [0.15, 0.2) is 0 Å². The molecule has 0 saturated heterocycles. The zero-order valence-corrected chi connectivity index (χ0v) is 8.68. The van der Waals surface area contributed by atoms with Gasteiger partial charge in [0.1, 0.15) is 5.82 Å². The van der Waals surface area contributed by atoms with Crippen LogP contribution in [0.25, 0.3) is 0 Å². The van der Waals surface area contributed by atoms with Crippen LogP contribution < -0.4 is 11.1 Å². The molecular formula is C11H17FN2. The quantitative estimate of drug-likeness (QED) is 0.775. The summed E-state index contributed by atoms with van der Waals surface area (Å²) in [5, 5.41) is 3.24. The van der Waals surface area contributed by atoms with Crippen LogP contribution in [0.5, 0.6) is 0 Å². The Morgan fingerprint density at radius 3 is 2.71 bits per heavy atom. The predicted molar refractivity (Wildman–Crippen MR) is 57.6 cm³/mol. The van der Waals surface area contributed by atoms with Crippen LogP contribution in [0.1, 0.15) is 19.4 Å². The van der Waals surface area contributed by atoms with E-state index in [1.165, 1.54) is 12.1 Å². The summed E-state index contributed by atoms with van der Waals surface area (Å²) in [5.41, 5.74) is 7.28. The maximum atomic E-state index is 12.8. The molecule has 2 nitrogen and oxygen atoms in total. The van der Waals surface area contributed by atoms with Gasteiger partial charge in [0, 0.05) is 18.8 Å². The second-order valence-electron chi connectivity index (χ2n) is 3.78. The molecule has 3 heteroatoms. The fraction of sp³-hybridized carbons (Fsp3) is 0.455. The normalized spacial score (nSPS) is 10.6. The lowest BCUT2D eigenvalue weighted by Gasteiger charge is -2.12. The van der Waals surface area contributed by atoms with Crippen LogP contribution in [0.3, 0.4) is 0 Å². The molecule has 1 aromatic rings. The first kappa shape index (κ1) is 11.0. The summed E-state index contributed by atoms with van der Waals surface area (Å²) >= 11 is 0. The van der Waals surface area contributed by atoms with Gasteiger partial charge >= 0.3 is 0 Å². The lowest BCUT2D eigenvalue weighted by atomic mass is 10.1. The van der Waals surface area contributed by atoms with Gasteiger partial charge in [-0.3, -0.25) is 0 Å². The topological polar surface area (TPSA) is 38.0 Å². The van der Waals surface area contributed by atoms with Crippen LogP contribution in [0.15, 0.2) is 18.2 Å². The van der Waals surface area contributed by atoms with Crippen molar-refractivity contribution in [1.82, 2.24) is 0 Å². The fourth-order valence-electron chi connectivity index (χ4n) is 1.22. The molecule has 0 aromatic heterocycles. The van der Waals surface area contributed by atoms with Gasteiger partial charge in [0.2, 0.25) is 0 Å². The van der Waals surface area contributed by atoms with Gasteiger partial charge in [0.25, 0.3) is 0 Å². The molecule has 0 aliphatic heterocycles. The first-order valence-corrected chi connectivity index (χ1v) is 4.86. The molecule has 0 radical (unpaired) electrons. The van der Waals surface area contributed by atoms with Crippen LogP contribution >= 0.6 is 0 Å². The number of benzene rings is 1. The average molecular weight is 196 g/mol. The maximum Gasteiger partial charge on any atom is 0.123 e. The summed E-state index contributed by atoms with van der Waals surface area (Å²) < 4.78 is 12.8. The number of halogens is 1. The minimum atomic E-state index is -0.236. The van der Waals surface area contributed by atoms with Crippen molar-refractivity contribution in [2.75, 3.05) is 11.9 Å². The summed E-state index contributed by atoms with van der Waals surface area (Å²) in [7, 11) is 0. The van der Waals surface area contributed by atoms with Gasteiger partial charge in [0.05, 0.1) is 0 Å². The van der Waals surface area contributed by atoms with Gasteiger partial charge in [-0.15, -0.1) is 0 Å². The monoisotopic (exact) mass is 196 g/mol. The van der Waals surface area contributed by atoms with Crippen molar-refractivity contribution in [3.8, 4) is 0 Å². The first-order valence-electron chi connectivity index (χ1n) is 4.86. The molecule has 1 aromatic carbocycles. The predicted octanol–water partition coefficient (Wildman–Crippen LogP) is 2.35. The average Bonchev–Trinajstić information content (AvgIpc) is 2.15. The highest BCUT2D eigenvalue weighted by Gasteiger charge is 2.02. The number of hydrogen-bond donors (Lipinski definition) is 2. The Kier molecular flexibility index (Phi) is 3.89. The first-order chi connectivity index (χ1) is 6.63. The van der Waals surface area contributed by atoms with Gasteiger partial charge < -0.3 is 11.1 Å². The van der Waals surface area contributed by atoms with E-state index in [1.807, 2.05) is 0 Å². The molecule has 0 bridgehead atoms. The minimum absolute atomic E-state index is 0.236. The Hall–Kier alpha value is -1.09. The zero-order chi connectivity index (χ0) is 10.6. The van der Waals surface area contributed by atoms with E-state index < -0.39 is 0 Å². The number of hydrogen-bond acceptors (Lipinski definition) is 2. The highest BCUT2D eigenvalue weighted by Crippen LogP contribution is 2.16. The summed E-state index contributed by atoms with van der Waals surface area (Å²) in [6, 6.07) is 4.66. The number of rotatable bonds is 4. The Morgan fingerprint density at radius 1 is 1.43 bits per heavy atom. The third kappa shape index (κ3) is 3.00. The van der Waals surface area contributed by atoms with Crippen LogP contribution in [0.2, 0.25) is 0 Å². The molecule has 1 rings (SSSR count).